The van der Waals surface area contributed by atoms with Crippen LogP contribution in [0.1, 0.15) is 58.8 Å². The number of hydrogen-bond donors (Lipinski definition) is 1. The number of nitrogens with one attached hydrogen (secondary N) is 1. The van der Waals surface area contributed by atoms with Crippen LogP contribution in [0.15, 0.2) is 0 Å². The standard InChI is InChI=1S/C14H27N/c1-3-12-5-7-13(8-6-12)14-9-4-11(2)10-15-14/h11-15H,3-10H2,1-2H3. The predicted molar refractivity (Wildman–Crippen MR) is 65.9 cm³/mol. The molecule has 1 saturated carbocycles. The maximum Gasteiger partial charge on any atom is 0.00955 e. The maximum atomic E-state index is 3.77. The Bertz CT molecular complexity index is 174. The average Bonchev–Trinajstić information content (AvgIpc) is 2.30. The van der Waals surface area contributed by atoms with Crippen LogP contribution in [0.2, 0.25) is 0 Å². The van der Waals surface area contributed by atoms with Gasteiger partial charge in [-0.05, 0) is 50.0 Å². The van der Waals surface area contributed by atoms with Gasteiger partial charge in [-0.25, -0.2) is 0 Å². The summed E-state index contributed by atoms with van der Waals surface area (Å²) in [6.45, 7) is 5.99. The zero-order valence-electron chi connectivity index (χ0n) is 10.5. The van der Waals surface area contributed by atoms with E-state index in [-0.39, 0.29) is 0 Å². The smallest absolute Gasteiger partial charge is 0.00955 e. The minimum atomic E-state index is 0.860. The summed E-state index contributed by atoms with van der Waals surface area (Å²) in [5.74, 6) is 2.96. The molecule has 1 heterocycles. The molecule has 1 aliphatic carbocycles. The fourth-order valence-electron chi connectivity index (χ4n) is 3.42. The van der Waals surface area contributed by atoms with E-state index in [0.717, 1.165) is 23.8 Å². The Balaban J connectivity index is 1.75. The zero-order chi connectivity index (χ0) is 10.7. The van der Waals surface area contributed by atoms with E-state index in [0.29, 0.717) is 0 Å². The van der Waals surface area contributed by atoms with Gasteiger partial charge >= 0.3 is 0 Å². The van der Waals surface area contributed by atoms with Crippen molar-refractivity contribution in [3.63, 3.8) is 0 Å². The molecule has 1 aliphatic heterocycles. The molecule has 2 aliphatic rings. The second-order valence-electron chi connectivity index (χ2n) is 5.89. The van der Waals surface area contributed by atoms with Crippen LogP contribution in [0.4, 0.5) is 0 Å². The van der Waals surface area contributed by atoms with Crippen LogP contribution in [0.25, 0.3) is 0 Å². The van der Waals surface area contributed by atoms with Gasteiger partial charge in [-0.15, -0.1) is 0 Å². The Morgan fingerprint density at radius 3 is 2.27 bits per heavy atom. The summed E-state index contributed by atoms with van der Waals surface area (Å²) in [7, 11) is 0. The van der Waals surface area contributed by atoms with Crippen LogP contribution in [0.3, 0.4) is 0 Å². The van der Waals surface area contributed by atoms with Gasteiger partial charge in [-0.2, -0.15) is 0 Å². The zero-order valence-corrected chi connectivity index (χ0v) is 10.5. The predicted octanol–water partition coefficient (Wildman–Crippen LogP) is 3.59. The van der Waals surface area contributed by atoms with Crippen molar-refractivity contribution in [3.8, 4) is 0 Å². The van der Waals surface area contributed by atoms with Crippen LogP contribution in [0.5, 0.6) is 0 Å². The van der Waals surface area contributed by atoms with E-state index in [2.05, 4.69) is 19.2 Å². The van der Waals surface area contributed by atoms with Crippen molar-refractivity contribution in [3.05, 3.63) is 0 Å². The van der Waals surface area contributed by atoms with E-state index < -0.39 is 0 Å². The fourth-order valence-corrected chi connectivity index (χ4v) is 3.42. The summed E-state index contributed by atoms with van der Waals surface area (Å²) in [6, 6.07) is 0.860. The molecule has 0 bridgehead atoms. The van der Waals surface area contributed by atoms with Gasteiger partial charge in [0, 0.05) is 6.04 Å². The van der Waals surface area contributed by atoms with Crippen molar-refractivity contribution >= 4 is 0 Å². The second-order valence-corrected chi connectivity index (χ2v) is 5.89. The third-order valence-corrected chi connectivity index (χ3v) is 4.74. The summed E-state index contributed by atoms with van der Waals surface area (Å²) in [5.41, 5.74) is 0. The monoisotopic (exact) mass is 209 g/mol. The third-order valence-electron chi connectivity index (χ3n) is 4.74. The first-order chi connectivity index (χ1) is 7.29. The molecule has 0 amide bonds. The van der Waals surface area contributed by atoms with Gasteiger partial charge in [0.05, 0.1) is 0 Å². The fraction of sp³-hybridized carbons (Fsp3) is 1.00. The summed E-state index contributed by atoms with van der Waals surface area (Å²) in [4.78, 5) is 0. The first kappa shape index (κ1) is 11.4. The van der Waals surface area contributed by atoms with Gasteiger partial charge in [0.15, 0.2) is 0 Å². The first-order valence-electron chi connectivity index (χ1n) is 7.03. The average molecular weight is 209 g/mol. The number of piperidine rings is 1. The number of hydrogen-bond acceptors (Lipinski definition) is 1. The highest BCUT2D eigenvalue weighted by atomic mass is 14.9. The van der Waals surface area contributed by atoms with Crippen molar-refractivity contribution < 1.29 is 0 Å². The summed E-state index contributed by atoms with van der Waals surface area (Å²) in [6.07, 6.45) is 10.3. The van der Waals surface area contributed by atoms with Crippen molar-refractivity contribution in [2.24, 2.45) is 17.8 Å². The number of rotatable bonds is 2. The summed E-state index contributed by atoms with van der Waals surface area (Å²) < 4.78 is 0. The molecule has 0 radical (unpaired) electrons. The highest BCUT2D eigenvalue weighted by Crippen LogP contribution is 2.34. The summed E-state index contributed by atoms with van der Waals surface area (Å²) >= 11 is 0. The lowest BCUT2D eigenvalue weighted by molar-refractivity contribution is 0.181. The van der Waals surface area contributed by atoms with Crippen LogP contribution in [0, 0.1) is 17.8 Å². The van der Waals surface area contributed by atoms with E-state index in [1.54, 1.807) is 0 Å². The van der Waals surface area contributed by atoms with E-state index in [1.807, 2.05) is 0 Å². The van der Waals surface area contributed by atoms with Gasteiger partial charge in [0.2, 0.25) is 0 Å². The van der Waals surface area contributed by atoms with Gasteiger partial charge in [0.1, 0.15) is 0 Å². The van der Waals surface area contributed by atoms with E-state index in [9.17, 15) is 0 Å². The minimum absolute atomic E-state index is 0.860. The Morgan fingerprint density at radius 2 is 1.73 bits per heavy atom. The molecule has 1 saturated heterocycles. The van der Waals surface area contributed by atoms with Gasteiger partial charge < -0.3 is 5.32 Å². The molecule has 88 valence electrons. The molecule has 1 nitrogen and oxygen atoms in total. The normalized spacial score (nSPS) is 42.8. The molecule has 0 spiro atoms. The topological polar surface area (TPSA) is 12.0 Å². The van der Waals surface area contributed by atoms with Crippen molar-refractivity contribution in [2.75, 3.05) is 6.54 Å². The molecule has 2 rings (SSSR count). The SMILES string of the molecule is CCC1CCC(C2CCC(C)CN2)CC1. The molecule has 15 heavy (non-hydrogen) atoms. The Morgan fingerprint density at radius 1 is 1.00 bits per heavy atom. The molecule has 0 aromatic rings. The maximum absolute atomic E-state index is 3.77. The Labute approximate surface area is 95.0 Å². The lowest BCUT2D eigenvalue weighted by Crippen LogP contribution is -2.43. The Hall–Kier alpha value is -0.0400. The van der Waals surface area contributed by atoms with Crippen molar-refractivity contribution in [2.45, 2.75) is 64.8 Å². The van der Waals surface area contributed by atoms with Crippen LogP contribution < -0.4 is 5.32 Å². The Kier molecular flexibility index (Phi) is 4.07. The van der Waals surface area contributed by atoms with Crippen LogP contribution >= 0.6 is 0 Å². The molecule has 1 N–H and O–H groups in total. The molecule has 1 heteroatoms. The molecular formula is C14H27N. The third kappa shape index (κ3) is 2.96. The van der Waals surface area contributed by atoms with Crippen molar-refractivity contribution in [1.82, 2.24) is 5.32 Å². The highest BCUT2D eigenvalue weighted by molar-refractivity contribution is 4.85. The molecular weight excluding hydrogens is 182 g/mol. The molecule has 2 atom stereocenters. The quantitative estimate of drug-likeness (QED) is 0.733. The second kappa shape index (κ2) is 5.34. The molecule has 2 unspecified atom stereocenters. The van der Waals surface area contributed by atoms with Gasteiger partial charge in [0.25, 0.3) is 0 Å². The van der Waals surface area contributed by atoms with Gasteiger partial charge in [-0.3, -0.25) is 0 Å². The first-order valence-corrected chi connectivity index (χ1v) is 7.03. The van der Waals surface area contributed by atoms with Crippen molar-refractivity contribution in [1.29, 1.82) is 0 Å². The molecule has 0 aromatic heterocycles. The molecule has 0 aromatic carbocycles. The molecule has 2 fully saturated rings. The van der Waals surface area contributed by atoms with Crippen LogP contribution in [-0.4, -0.2) is 12.6 Å². The van der Waals surface area contributed by atoms with Gasteiger partial charge in [-0.1, -0.05) is 33.1 Å². The van der Waals surface area contributed by atoms with E-state index >= 15 is 0 Å². The lowest BCUT2D eigenvalue weighted by Gasteiger charge is -2.37. The largest absolute Gasteiger partial charge is 0.313 e. The van der Waals surface area contributed by atoms with E-state index in [1.165, 1.54) is 51.5 Å². The highest BCUT2D eigenvalue weighted by Gasteiger charge is 2.28. The summed E-state index contributed by atoms with van der Waals surface area (Å²) in [5, 5.41) is 3.77. The lowest BCUT2D eigenvalue weighted by atomic mass is 9.75. The van der Waals surface area contributed by atoms with E-state index in [4.69, 9.17) is 0 Å². The minimum Gasteiger partial charge on any atom is -0.313 e. The van der Waals surface area contributed by atoms with Crippen LogP contribution in [-0.2, 0) is 0 Å².